The first kappa shape index (κ1) is 23.9. The van der Waals surface area contributed by atoms with E-state index in [1.54, 1.807) is 11.0 Å². The van der Waals surface area contributed by atoms with Crippen molar-refractivity contribution >= 4 is 29.2 Å². The summed E-state index contributed by atoms with van der Waals surface area (Å²) in [4.78, 5) is 30.4. The van der Waals surface area contributed by atoms with Crippen LogP contribution in [-0.2, 0) is 11.3 Å². The van der Waals surface area contributed by atoms with Crippen LogP contribution in [0.5, 0.6) is 0 Å². The van der Waals surface area contributed by atoms with Crippen LogP contribution in [0, 0.1) is 12.7 Å². The summed E-state index contributed by atoms with van der Waals surface area (Å²) in [7, 11) is 0. The number of aryl methyl sites for hydroxylation is 1. The van der Waals surface area contributed by atoms with Crippen LogP contribution in [0.3, 0.4) is 0 Å². The van der Waals surface area contributed by atoms with Crippen molar-refractivity contribution in [2.75, 3.05) is 44.2 Å². The maximum Gasteiger partial charge on any atom is 0.320 e. The van der Waals surface area contributed by atoms with Crippen LogP contribution in [0.15, 0.2) is 42.5 Å². The fourth-order valence-electron chi connectivity index (χ4n) is 3.80. The Morgan fingerprint density at radius 3 is 2.69 bits per heavy atom. The molecule has 0 saturated carbocycles. The highest BCUT2D eigenvalue weighted by atomic mass is 35.5. The molecule has 32 heavy (non-hydrogen) atoms. The average molecular weight is 461 g/mol. The van der Waals surface area contributed by atoms with Crippen LogP contribution in [0.2, 0.25) is 5.02 Å². The molecule has 6 nitrogen and oxygen atoms in total. The molecule has 1 N–H and O–H groups in total. The normalized spacial score (nSPS) is 13.6. The number of benzene rings is 2. The smallest absolute Gasteiger partial charge is 0.320 e. The molecular formula is C24H30ClFN4O2. The molecule has 0 aromatic heterocycles. The highest BCUT2D eigenvalue weighted by Gasteiger charge is 2.30. The van der Waals surface area contributed by atoms with Gasteiger partial charge in [0.25, 0.3) is 0 Å². The zero-order valence-corrected chi connectivity index (χ0v) is 19.4. The Balaban J connectivity index is 1.40. The molecule has 0 unspecified atom stereocenters. The van der Waals surface area contributed by atoms with Crippen molar-refractivity contribution < 1.29 is 14.0 Å². The molecule has 1 aliphatic rings. The molecule has 1 fully saturated rings. The Hall–Kier alpha value is -2.80. The predicted octanol–water partition coefficient (Wildman–Crippen LogP) is 4.06. The van der Waals surface area contributed by atoms with Gasteiger partial charge < -0.3 is 20.0 Å². The summed E-state index contributed by atoms with van der Waals surface area (Å²) in [6.45, 7) is 7.78. The van der Waals surface area contributed by atoms with Gasteiger partial charge in [-0.3, -0.25) is 4.79 Å². The van der Waals surface area contributed by atoms with E-state index in [1.165, 1.54) is 28.3 Å². The van der Waals surface area contributed by atoms with Gasteiger partial charge in [0.05, 0.1) is 0 Å². The van der Waals surface area contributed by atoms with Crippen molar-refractivity contribution in [1.82, 2.24) is 15.1 Å². The van der Waals surface area contributed by atoms with Gasteiger partial charge in [-0.05, 0) is 55.7 Å². The van der Waals surface area contributed by atoms with Gasteiger partial charge >= 0.3 is 6.03 Å². The molecule has 3 amide bonds. The van der Waals surface area contributed by atoms with Crippen LogP contribution >= 0.6 is 11.6 Å². The van der Waals surface area contributed by atoms with E-state index in [4.69, 9.17) is 11.6 Å². The molecule has 0 spiro atoms. The molecule has 172 valence electrons. The first-order valence-electron chi connectivity index (χ1n) is 10.9. The van der Waals surface area contributed by atoms with Gasteiger partial charge in [-0.25, -0.2) is 9.18 Å². The van der Waals surface area contributed by atoms with Crippen molar-refractivity contribution in [1.29, 1.82) is 0 Å². The molecule has 1 heterocycles. The second kappa shape index (κ2) is 11.2. The Morgan fingerprint density at radius 1 is 1.19 bits per heavy atom. The molecule has 0 bridgehead atoms. The molecule has 1 aliphatic heterocycles. The van der Waals surface area contributed by atoms with Gasteiger partial charge in [-0.1, -0.05) is 29.8 Å². The Kier molecular flexibility index (Phi) is 8.33. The van der Waals surface area contributed by atoms with Crippen LogP contribution in [-0.4, -0.2) is 61.0 Å². The molecule has 0 radical (unpaired) electrons. The molecule has 2 aromatic rings. The first-order chi connectivity index (χ1) is 15.4. The lowest BCUT2D eigenvalue weighted by Gasteiger charge is -2.23. The van der Waals surface area contributed by atoms with Crippen LogP contribution in [0.4, 0.5) is 14.9 Å². The third-order valence-corrected chi connectivity index (χ3v) is 5.92. The minimum absolute atomic E-state index is 0.0296. The van der Waals surface area contributed by atoms with Crippen molar-refractivity contribution in [3.8, 4) is 0 Å². The minimum atomic E-state index is -0.411. The second-order valence-electron chi connectivity index (χ2n) is 7.98. The number of nitrogens with one attached hydrogen (secondary N) is 1. The molecule has 8 heteroatoms. The number of urea groups is 1. The number of amides is 3. The number of nitrogens with zero attached hydrogens (tertiary/aromatic N) is 3. The average Bonchev–Trinajstić information content (AvgIpc) is 3.09. The van der Waals surface area contributed by atoms with Crippen LogP contribution in [0.25, 0.3) is 0 Å². The third kappa shape index (κ3) is 6.36. The van der Waals surface area contributed by atoms with E-state index >= 15 is 0 Å². The number of hydrogen-bond donors (Lipinski definition) is 1. The van der Waals surface area contributed by atoms with E-state index in [0.717, 1.165) is 19.5 Å². The summed E-state index contributed by atoms with van der Waals surface area (Å²) in [6, 6.07) is 12.3. The zero-order chi connectivity index (χ0) is 23.1. The minimum Gasteiger partial charge on any atom is -0.372 e. The topological polar surface area (TPSA) is 55.9 Å². The Bertz CT molecular complexity index is 955. The lowest BCUT2D eigenvalue weighted by Crippen LogP contribution is -2.40. The van der Waals surface area contributed by atoms with Gasteiger partial charge in [-0.15, -0.1) is 0 Å². The summed E-state index contributed by atoms with van der Waals surface area (Å²) in [6.07, 6.45) is 0.816. The van der Waals surface area contributed by atoms with E-state index in [2.05, 4.69) is 48.3 Å². The van der Waals surface area contributed by atoms with E-state index in [-0.39, 0.29) is 18.5 Å². The molecule has 1 saturated heterocycles. The van der Waals surface area contributed by atoms with E-state index in [0.29, 0.717) is 36.8 Å². The largest absolute Gasteiger partial charge is 0.372 e. The molecular weight excluding hydrogens is 431 g/mol. The Morgan fingerprint density at radius 2 is 1.97 bits per heavy atom. The SMILES string of the molecule is CCN(CCCNC(=O)CN1CCN(Cc2ccc(F)cc2Cl)C1=O)c1cccc(C)c1. The van der Waals surface area contributed by atoms with Crippen molar-refractivity contribution in [3.63, 3.8) is 0 Å². The first-order valence-corrected chi connectivity index (χ1v) is 11.3. The van der Waals surface area contributed by atoms with Crippen LogP contribution < -0.4 is 10.2 Å². The second-order valence-corrected chi connectivity index (χ2v) is 8.39. The third-order valence-electron chi connectivity index (χ3n) is 5.57. The number of hydrogen-bond acceptors (Lipinski definition) is 3. The lowest BCUT2D eigenvalue weighted by molar-refractivity contribution is -0.121. The van der Waals surface area contributed by atoms with E-state index in [9.17, 15) is 14.0 Å². The van der Waals surface area contributed by atoms with E-state index < -0.39 is 5.82 Å². The number of carbonyl (C=O) groups excluding carboxylic acids is 2. The van der Waals surface area contributed by atoms with Gasteiger partial charge in [0.15, 0.2) is 0 Å². The maximum atomic E-state index is 13.2. The monoisotopic (exact) mass is 460 g/mol. The summed E-state index contributed by atoms with van der Waals surface area (Å²) in [5, 5.41) is 3.20. The van der Waals surface area contributed by atoms with Crippen molar-refractivity contribution in [2.24, 2.45) is 0 Å². The Labute approximate surface area is 193 Å². The van der Waals surface area contributed by atoms with Crippen LogP contribution in [0.1, 0.15) is 24.5 Å². The van der Waals surface area contributed by atoms with Crippen molar-refractivity contribution in [3.05, 3.63) is 64.4 Å². The summed E-state index contributed by atoms with van der Waals surface area (Å²) >= 11 is 6.07. The van der Waals surface area contributed by atoms with Crippen molar-refractivity contribution in [2.45, 2.75) is 26.8 Å². The quantitative estimate of drug-likeness (QED) is 0.544. The predicted molar refractivity (Wildman–Crippen MR) is 125 cm³/mol. The number of halogens is 2. The lowest BCUT2D eigenvalue weighted by atomic mass is 10.2. The van der Waals surface area contributed by atoms with Gasteiger partial charge in [-0.2, -0.15) is 0 Å². The highest BCUT2D eigenvalue weighted by molar-refractivity contribution is 6.31. The zero-order valence-electron chi connectivity index (χ0n) is 18.6. The fraction of sp³-hybridized carbons (Fsp3) is 0.417. The van der Waals surface area contributed by atoms with Gasteiger partial charge in [0.2, 0.25) is 5.91 Å². The molecule has 0 aliphatic carbocycles. The van der Waals surface area contributed by atoms with E-state index in [1.807, 2.05) is 0 Å². The summed E-state index contributed by atoms with van der Waals surface area (Å²) in [5.41, 5.74) is 3.09. The number of carbonyl (C=O) groups is 2. The maximum absolute atomic E-state index is 13.2. The van der Waals surface area contributed by atoms with Gasteiger partial charge in [0.1, 0.15) is 12.4 Å². The molecule has 3 rings (SSSR count). The molecule has 0 atom stereocenters. The number of rotatable bonds is 10. The van der Waals surface area contributed by atoms with Gasteiger partial charge in [0, 0.05) is 50.0 Å². The molecule has 2 aromatic carbocycles. The fourth-order valence-corrected chi connectivity index (χ4v) is 4.03. The summed E-state index contributed by atoms with van der Waals surface area (Å²) in [5.74, 6) is -0.579. The number of anilines is 1. The summed E-state index contributed by atoms with van der Waals surface area (Å²) < 4.78 is 13.2. The highest BCUT2D eigenvalue weighted by Crippen LogP contribution is 2.21. The standard InChI is InChI=1S/C24H30ClFN4O2/c1-3-28(21-7-4-6-18(2)14-21)11-5-10-27-23(31)17-30-13-12-29(24(30)32)16-19-8-9-20(26)15-22(19)25/h4,6-9,14-15H,3,5,10-13,16-17H2,1-2H3,(H,27,31).